The summed E-state index contributed by atoms with van der Waals surface area (Å²) < 4.78 is 22.8. The van der Waals surface area contributed by atoms with E-state index in [2.05, 4.69) is 28.1 Å². The Hall–Kier alpha value is -1.72. The quantitative estimate of drug-likeness (QED) is 0.821. The largest absolute Gasteiger partial charge is 0.298 e. The van der Waals surface area contributed by atoms with Gasteiger partial charge in [-0.1, -0.05) is 24.3 Å². The van der Waals surface area contributed by atoms with E-state index in [1.54, 1.807) is 6.20 Å². The van der Waals surface area contributed by atoms with Gasteiger partial charge in [0.25, 0.3) is 0 Å². The second-order valence-corrected chi connectivity index (χ2v) is 7.98. The molecule has 2 aromatic rings. The average Bonchev–Trinajstić information content (AvgIpc) is 2.46. The maximum Gasteiger partial charge on any atom is 0.148 e. The summed E-state index contributed by atoms with van der Waals surface area (Å²) >= 11 is 0. The van der Waals surface area contributed by atoms with E-state index in [0.717, 1.165) is 16.7 Å². The summed E-state index contributed by atoms with van der Waals surface area (Å²) in [7, 11) is -1.01. The van der Waals surface area contributed by atoms with Gasteiger partial charge in [0.15, 0.2) is 0 Å². The molecule has 0 saturated heterocycles. The van der Waals surface area contributed by atoms with E-state index in [4.69, 9.17) is 0 Å². The van der Waals surface area contributed by atoms with E-state index in [9.17, 15) is 8.42 Å². The molecule has 0 spiro atoms. The van der Waals surface area contributed by atoms with Crippen LogP contribution in [0, 0.1) is 0 Å². The van der Waals surface area contributed by atoms with Crippen LogP contribution < -0.4 is 0 Å². The SMILES string of the molecule is CC(CS(C)(=O)=O)N(C)Cc1cccc(-c2cccnc2)c1. The summed E-state index contributed by atoms with van der Waals surface area (Å²) in [5, 5.41) is 0. The Labute approximate surface area is 132 Å². The van der Waals surface area contributed by atoms with Gasteiger partial charge in [-0.05, 0) is 42.8 Å². The van der Waals surface area contributed by atoms with E-state index in [0.29, 0.717) is 6.54 Å². The predicted octanol–water partition coefficient (Wildman–Crippen LogP) is 2.61. The van der Waals surface area contributed by atoms with Gasteiger partial charge in [-0.2, -0.15) is 0 Å². The topological polar surface area (TPSA) is 50.3 Å². The van der Waals surface area contributed by atoms with Crippen molar-refractivity contribution in [2.24, 2.45) is 0 Å². The molecule has 4 nitrogen and oxygen atoms in total. The zero-order valence-electron chi connectivity index (χ0n) is 13.2. The molecule has 1 heterocycles. The molecule has 1 unspecified atom stereocenters. The Bertz CT molecular complexity index is 714. The lowest BCUT2D eigenvalue weighted by Crippen LogP contribution is -2.34. The van der Waals surface area contributed by atoms with E-state index in [1.165, 1.54) is 6.26 Å². The molecular weight excluding hydrogens is 296 g/mol. The fourth-order valence-electron chi connectivity index (χ4n) is 2.39. The molecule has 2 rings (SSSR count). The number of benzene rings is 1. The lowest BCUT2D eigenvalue weighted by atomic mass is 10.0. The Morgan fingerprint density at radius 1 is 1.18 bits per heavy atom. The van der Waals surface area contributed by atoms with E-state index in [-0.39, 0.29) is 11.8 Å². The molecule has 0 bridgehead atoms. The predicted molar refractivity (Wildman–Crippen MR) is 90.3 cm³/mol. The van der Waals surface area contributed by atoms with Crippen LogP contribution in [0.1, 0.15) is 12.5 Å². The van der Waals surface area contributed by atoms with Crippen LogP contribution in [0.15, 0.2) is 48.8 Å². The van der Waals surface area contributed by atoms with Crippen LogP contribution in [-0.2, 0) is 16.4 Å². The van der Waals surface area contributed by atoms with Gasteiger partial charge in [-0.3, -0.25) is 9.88 Å². The van der Waals surface area contributed by atoms with E-state index >= 15 is 0 Å². The molecule has 0 aliphatic rings. The molecule has 1 aromatic heterocycles. The van der Waals surface area contributed by atoms with Gasteiger partial charge in [-0.25, -0.2) is 8.42 Å². The minimum Gasteiger partial charge on any atom is -0.298 e. The molecular formula is C17H22N2O2S. The molecule has 0 aliphatic carbocycles. The second kappa shape index (κ2) is 7.03. The van der Waals surface area contributed by atoms with Crippen LogP contribution in [-0.4, -0.2) is 43.4 Å². The standard InChI is InChI=1S/C17H22N2O2S/c1-14(13-22(3,20)21)19(2)12-15-6-4-7-16(10-15)17-8-5-9-18-11-17/h4-11,14H,12-13H2,1-3H3. The summed E-state index contributed by atoms with van der Waals surface area (Å²) in [5.74, 6) is 0.172. The Morgan fingerprint density at radius 2 is 1.91 bits per heavy atom. The minimum atomic E-state index is -2.96. The zero-order valence-corrected chi connectivity index (χ0v) is 14.0. The highest BCUT2D eigenvalue weighted by atomic mass is 32.2. The van der Waals surface area contributed by atoms with Gasteiger partial charge in [-0.15, -0.1) is 0 Å². The highest BCUT2D eigenvalue weighted by Gasteiger charge is 2.15. The number of pyridine rings is 1. The van der Waals surface area contributed by atoms with Crippen LogP contribution in [0.3, 0.4) is 0 Å². The first-order chi connectivity index (χ1) is 10.3. The smallest absolute Gasteiger partial charge is 0.148 e. The fraction of sp³-hybridized carbons (Fsp3) is 0.353. The lowest BCUT2D eigenvalue weighted by Gasteiger charge is -2.24. The van der Waals surface area contributed by atoms with E-state index in [1.807, 2.05) is 38.4 Å². The number of hydrogen-bond donors (Lipinski definition) is 0. The van der Waals surface area contributed by atoms with Crippen LogP contribution >= 0.6 is 0 Å². The van der Waals surface area contributed by atoms with Crippen molar-refractivity contribution in [3.63, 3.8) is 0 Å². The summed E-state index contributed by atoms with van der Waals surface area (Å²) in [6, 6.07) is 12.2. The molecule has 0 N–H and O–H groups in total. The molecule has 0 radical (unpaired) electrons. The molecule has 0 fully saturated rings. The minimum absolute atomic E-state index is 0.0166. The number of sulfone groups is 1. The number of rotatable bonds is 6. The summed E-state index contributed by atoms with van der Waals surface area (Å²) in [6.07, 6.45) is 4.88. The third kappa shape index (κ3) is 4.93. The van der Waals surface area contributed by atoms with Crippen molar-refractivity contribution in [2.45, 2.75) is 19.5 Å². The maximum absolute atomic E-state index is 11.4. The Morgan fingerprint density at radius 3 is 2.55 bits per heavy atom. The molecule has 118 valence electrons. The Kier molecular flexibility index (Phi) is 5.32. The van der Waals surface area contributed by atoms with Crippen molar-refractivity contribution in [2.75, 3.05) is 19.1 Å². The van der Waals surface area contributed by atoms with Crippen molar-refractivity contribution in [3.05, 3.63) is 54.4 Å². The van der Waals surface area contributed by atoms with Crippen molar-refractivity contribution >= 4 is 9.84 Å². The van der Waals surface area contributed by atoms with Gasteiger partial charge >= 0.3 is 0 Å². The van der Waals surface area contributed by atoms with Crippen LogP contribution in [0.2, 0.25) is 0 Å². The molecule has 0 amide bonds. The van der Waals surface area contributed by atoms with Gasteiger partial charge in [0, 0.05) is 31.2 Å². The highest BCUT2D eigenvalue weighted by Crippen LogP contribution is 2.20. The molecule has 0 saturated carbocycles. The molecule has 5 heteroatoms. The van der Waals surface area contributed by atoms with Gasteiger partial charge in [0.1, 0.15) is 9.84 Å². The number of aromatic nitrogens is 1. The number of nitrogens with zero attached hydrogens (tertiary/aromatic N) is 2. The summed E-state index contributed by atoms with van der Waals surface area (Å²) in [6.45, 7) is 2.65. The van der Waals surface area contributed by atoms with Crippen molar-refractivity contribution in [1.29, 1.82) is 0 Å². The molecule has 1 aromatic carbocycles. The van der Waals surface area contributed by atoms with Crippen molar-refractivity contribution in [3.8, 4) is 11.1 Å². The second-order valence-electron chi connectivity index (χ2n) is 5.80. The van der Waals surface area contributed by atoms with Gasteiger partial charge in [0.2, 0.25) is 0 Å². The third-order valence-electron chi connectivity index (χ3n) is 3.65. The number of hydrogen-bond acceptors (Lipinski definition) is 4. The molecule has 1 atom stereocenters. The third-order valence-corrected chi connectivity index (χ3v) is 4.74. The first-order valence-electron chi connectivity index (χ1n) is 7.22. The van der Waals surface area contributed by atoms with Crippen LogP contribution in [0.4, 0.5) is 0 Å². The van der Waals surface area contributed by atoms with Crippen molar-refractivity contribution < 1.29 is 8.42 Å². The van der Waals surface area contributed by atoms with Gasteiger partial charge in [0.05, 0.1) is 5.75 Å². The van der Waals surface area contributed by atoms with Crippen molar-refractivity contribution in [1.82, 2.24) is 9.88 Å². The average molecular weight is 318 g/mol. The maximum atomic E-state index is 11.4. The zero-order chi connectivity index (χ0) is 16.2. The monoisotopic (exact) mass is 318 g/mol. The lowest BCUT2D eigenvalue weighted by molar-refractivity contribution is 0.267. The highest BCUT2D eigenvalue weighted by molar-refractivity contribution is 7.90. The van der Waals surface area contributed by atoms with Crippen LogP contribution in [0.5, 0.6) is 0 Å². The molecule has 22 heavy (non-hydrogen) atoms. The summed E-state index contributed by atoms with van der Waals surface area (Å²) in [5.41, 5.74) is 3.36. The van der Waals surface area contributed by atoms with Crippen LogP contribution in [0.25, 0.3) is 11.1 Å². The first kappa shape index (κ1) is 16.6. The summed E-state index contributed by atoms with van der Waals surface area (Å²) in [4.78, 5) is 6.20. The van der Waals surface area contributed by atoms with Gasteiger partial charge < -0.3 is 0 Å². The van der Waals surface area contributed by atoms with E-state index < -0.39 is 9.84 Å². The normalized spacial score (nSPS) is 13.3. The fourth-order valence-corrected chi connectivity index (χ4v) is 3.52. The molecule has 0 aliphatic heterocycles. The first-order valence-corrected chi connectivity index (χ1v) is 9.28. The Balaban J connectivity index is 2.10.